The molecule has 0 atom stereocenters. The van der Waals surface area contributed by atoms with Crippen LogP contribution in [0.1, 0.15) is 5.56 Å². The number of urea groups is 1. The topological polar surface area (TPSA) is 84.9 Å². The lowest BCUT2D eigenvalue weighted by atomic mass is 10.2. The average molecular weight is 395 g/mol. The Morgan fingerprint density at radius 2 is 2.17 bits per heavy atom. The summed E-state index contributed by atoms with van der Waals surface area (Å²) in [6, 6.07) is 4.56. The SMILES string of the molecule is C=CCN1C(=O)N/C(=C/c2ccc(OCC(=O)OC)c(Br)c2)C1=O. The first-order chi connectivity index (χ1) is 11.5. The predicted octanol–water partition coefficient (Wildman–Crippen LogP) is 2.08. The summed E-state index contributed by atoms with van der Waals surface area (Å²) in [6.45, 7) is 3.45. The van der Waals surface area contributed by atoms with Crippen molar-refractivity contribution in [3.63, 3.8) is 0 Å². The van der Waals surface area contributed by atoms with E-state index in [1.54, 1.807) is 24.3 Å². The molecule has 7 nitrogen and oxygen atoms in total. The third-order valence-corrected chi connectivity index (χ3v) is 3.73. The molecular formula is C16H15BrN2O5. The number of esters is 1. The van der Waals surface area contributed by atoms with Crippen molar-refractivity contribution in [3.05, 3.63) is 46.6 Å². The maximum absolute atomic E-state index is 12.1. The van der Waals surface area contributed by atoms with Gasteiger partial charge in [0, 0.05) is 6.54 Å². The largest absolute Gasteiger partial charge is 0.481 e. The van der Waals surface area contributed by atoms with E-state index in [0.29, 0.717) is 15.8 Å². The summed E-state index contributed by atoms with van der Waals surface area (Å²) >= 11 is 3.33. The summed E-state index contributed by atoms with van der Waals surface area (Å²) in [6.07, 6.45) is 3.03. The van der Waals surface area contributed by atoms with Gasteiger partial charge in [0.1, 0.15) is 11.4 Å². The predicted molar refractivity (Wildman–Crippen MR) is 90.1 cm³/mol. The number of rotatable bonds is 6. The van der Waals surface area contributed by atoms with E-state index in [2.05, 4.69) is 32.6 Å². The molecule has 126 valence electrons. The highest BCUT2D eigenvalue weighted by atomic mass is 79.9. The van der Waals surface area contributed by atoms with Gasteiger partial charge in [-0.2, -0.15) is 0 Å². The van der Waals surface area contributed by atoms with E-state index >= 15 is 0 Å². The molecule has 24 heavy (non-hydrogen) atoms. The van der Waals surface area contributed by atoms with Gasteiger partial charge in [-0.1, -0.05) is 12.1 Å². The molecule has 1 aliphatic heterocycles. The summed E-state index contributed by atoms with van der Waals surface area (Å²) in [4.78, 5) is 36.0. The van der Waals surface area contributed by atoms with Crippen LogP contribution in [-0.4, -0.2) is 43.1 Å². The molecule has 0 radical (unpaired) electrons. The average Bonchev–Trinajstić information content (AvgIpc) is 2.81. The number of amides is 3. The van der Waals surface area contributed by atoms with Crippen LogP contribution in [0.5, 0.6) is 5.75 Å². The van der Waals surface area contributed by atoms with Gasteiger partial charge in [-0.15, -0.1) is 6.58 Å². The van der Waals surface area contributed by atoms with Crippen LogP contribution in [0.4, 0.5) is 4.79 Å². The first-order valence-electron chi connectivity index (χ1n) is 6.91. The minimum Gasteiger partial charge on any atom is -0.481 e. The molecule has 1 N–H and O–H groups in total. The molecule has 0 aromatic heterocycles. The number of nitrogens with one attached hydrogen (secondary N) is 1. The van der Waals surface area contributed by atoms with E-state index in [-0.39, 0.29) is 18.8 Å². The number of benzene rings is 1. The molecule has 1 saturated heterocycles. The molecule has 1 fully saturated rings. The van der Waals surface area contributed by atoms with Crippen LogP contribution in [0.15, 0.2) is 41.0 Å². The summed E-state index contributed by atoms with van der Waals surface area (Å²) in [5, 5.41) is 2.51. The molecule has 0 saturated carbocycles. The van der Waals surface area contributed by atoms with Gasteiger partial charge in [-0.3, -0.25) is 9.69 Å². The molecule has 3 amide bonds. The van der Waals surface area contributed by atoms with Crippen molar-refractivity contribution >= 4 is 39.9 Å². The highest BCUT2D eigenvalue weighted by Crippen LogP contribution is 2.27. The molecule has 8 heteroatoms. The number of hydrogen-bond acceptors (Lipinski definition) is 5. The van der Waals surface area contributed by atoms with Gasteiger partial charge in [0.25, 0.3) is 5.91 Å². The van der Waals surface area contributed by atoms with Gasteiger partial charge in [-0.25, -0.2) is 9.59 Å². The van der Waals surface area contributed by atoms with Crippen molar-refractivity contribution in [3.8, 4) is 5.75 Å². The monoisotopic (exact) mass is 394 g/mol. The fourth-order valence-electron chi connectivity index (χ4n) is 1.95. The third kappa shape index (κ3) is 4.02. The molecule has 0 spiro atoms. The normalized spacial score (nSPS) is 15.4. The Kier molecular flexibility index (Phi) is 5.75. The number of halogens is 1. The Morgan fingerprint density at radius 1 is 1.42 bits per heavy atom. The fourth-order valence-corrected chi connectivity index (χ4v) is 2.46. The van der Waals surface area contributed by atoms with Crippen molar-refractivity contribution in [1.29, 1.82) is 0 Å². The number of imide groups is 1. The molecule has 1 aliphatic rings. The van der Waals surface area contributed by atoms with Crippen molar-refractivity contribution in [2.24, 2.45) is 0 Å². The lowest BCUT2D eigenvalue weighted by Gasteiger charge is -2.08. The van der Waals surface area contributed by atoms with Crippen molar-refractivity contribution in [2.75, 3.05) is 20.3 Å². The Morgan fingerprint density at radius 3 is 2.79 bits per heavy atom. The highest BCUT2D eigenvalue weighted by Gasteiger charge is 2.32. The van der Waals surface area contributed by atoms with Crippen molar-refractivity contribution in [1.82, 2.24) is 10.2 Å². The number of methoxy groups -OCH3 is 1. The highest BCUT2D eigenvalue weighted by molar-refractivity contribution is 9.10. The minimum absolute atomic E-state index is 0.145. The van der Waals surface area contributed by atoms with Crippen LogP contribution in [0.3, 0.4) is 0 Å². The van der Waals surface area contributed by atoms with Gasteiger partial charge in [-0.05, 0) is 39.7 Å². The smallest absolute Gasteiger partial charge is 0.343 e. The van der Waals surface area contributed by atoms with Crippen molar-refractivity contribution in [2.45, 2.75) is 0 Å². The Labute approximate surface area is 147 Å². The van der Waals surface area contributed by atoms with E-state index in [0.717, 1.165) is 4.90 Å². The lowest BCUT2D eigenvalue weighted by molar-refractivity contribution is -0.142. The van der Waals surface area contributed by atoms with Crippen LogP contribution in [0.25, 0.3) is 6.08 Å². The van der Waals surface area contributed by atoms with E-state index in [1.807, 2.05) is 0 Å². The Balaban J connectivity index is 2.14. The molecular weight excluding hydrogens is 380 g/mol. The van der Waals surface area contributed by atoms with Crippen molar-refractivity contribution < 1.29 is 23.9 Å². The molecule has 0 aliphatic carbocycles. The Bertz CT molecular complexity index is 729. The standard InChI is InChI=1S/C16H15BrN2O5/c1-3-6-19-15(21)12(18-16(19)22)8-10-4-5-13(11(17)7-10)24-9-14(20)23-2/h3-5,7-8H,1,6,9H2,2H3,(H,18,22)/b12-8+. The molecule has 1 aromatic carbocycles. The fraction of sp³-hybridized carbons (Fsp3) is 0.188. The van der Waals surface area contributed by atoms with Gasteiger partial charge >= 0.3 is 12.0 Å². The molecule has 1 aromatic rings. The van der Waals surface area contributed by atoms with Gasteiger partial charge in [0.2, 0.25) is 0 Å². The second-order valence-corrected chi connectivity index (χ2v) is 5.60. The zero-order chi connectivity index (χ0) is 17.7. The summed E-state index contributed by atoms with van der Waals surface area (Å²) < 4.78 is 10.4. The first kappa shape index (κ1) is 17.7. The van der Waals surface area contributed by atoms with E-state index in [1.165, 1.54) is 13.2 Å². The number of nitrogens with zero attached hydrogens (tertiary/aromatic N) is 1. The quantitative estimate of drug-likeness (QED) is 0.345. The summed E-state index contributed by atoms with van der Waals surface area (Å²) in [7, 11) is 1.28. The number of hydrogen-bond donors (Lipinski definition) is 1. The van der Waals surface area contributed by atoms with Crippen LogP contribution in [0, 0.1) is 0 Å². The van der Waals surface area contributed by atoms with Gasteiger partial charge < -0.3 is 14.8 Å². The summed E-state index contributed by atoms with van der Waals surface area (Å²) in [5.74, 6) is -0.450. The maximum Gasteiger partial charge on any atom is 0.343 e. The van der Waals surface area contributed by atoms with Gasteiger partial charge in [0.05, 0.1) is 11.6 Å². The Hall–Kier alpha value is -2.61. The van der Waals surface area contributed by atoms with E-state index in [9.17, 15) is 14.4 Å². The maximum atomic E-state index is 12.1. The number of ether oxygens (including phenoxy) is 2. The number of carbonyl (C=O) groups excluding carboxylic acids is 3. The lowest BCUT2D eigenvalue weighted by Crippen LogP contribution is -2.30. The zero-order valence-corrected chi connectivity index (χ0v) is 14.5. The second-order valence-electron chi connectivity index (χ2n) is 4.75. The van der Waals surface area contributed by atoms with Crippen LogP contribution in [0.2, 0.25) is 0 Å². The summed E-state index contributed by atoms with van der Waals surface area (Å²) in [5.41, 5.74) is 0.855. The molecule has 1 heterocycles. The molecule has 2 rings (SSSR count). The first-order valence-corrected chi connectivity index (χ1v) is 7.70. The van der Waals surface area contributed by atoms with Crippen LogP contribution in [-0.2, 0) is 14.3 Å². The zero-order valence-electron chi connectivity index (χ0n) is 12.9. The molecule has 0 bridgehead atoms. The van der Waals surface area contributed by atoms with Crippen LogP contribution >= 0.6 is 15.9 Å². The second kappa shape index (κ2) is 7.78. The van der Waals surface area contributed by atoms with Gasteiger partial charge in [0.15, 0.2) is 6.61 Å². The minimum atomic E-state index is -0.491. The van der Waals surface area contributed by atoms with E-state index in [4.69, 9.17) is 4.74 Å². The molecule has 0 unspecified atom stereocenters. The van der Waals surface area contributed by atoms with Crippen LogP contribution < -0.4 is 10.1 Å². The number of carbonyl (C=O) groups is 3. The third-order valence-electron chi connectivity index (χ3n) is 3.11. The van der Waals surface area contributed by atoms with E-state index < -0.39 is 17.9 Å².